The van der Waals surface area contributed by atoms with E-state index in [-0.39, 0.29) is 6.42 Å². The van der Waals surface area contributed by atoms with Crippen LogP contribution in [0.25, 0.3) is 42.9 Å². The van der Waals surface area contributed by atoms with Crippen LogP contribution in [0.3, 0.4) is 0 Å². The molecule has 0 saturated carbocycles. The van der Waals surface area contributed by atoms with Crippen LogP contribution in [-0.2, 0) is 18.3 Å². The summed E-state index contributed by atoms with van der Waals surface area (Å²) in [6, 6.07) is 15.8. The molecule has 7 heteroatoms. The zero-order chi connectivity index (χ0) is 24.1. The Hall–Kier alpha value is -3.22. The predicted octanol–water partition coefficient (Wildman–Crippen LogP) is 7.23. The summed E-state index contributed by atoms with van der Waals surface area (Å²) in [6.45, 7) is 6.24. The minimum absolute atomic E-state index is 0.0508. The molecule has 2 heterocycles. The molecule has 0 unspecified atom stereocenters. The molecule has 0 radical (unpaired) electrons. The summed E-state index contributed by atoms with van der Waals surface area (Å²) in [5.41, 5.74) is 7.48. The second-order valence-electron chi connectivity index (χ2n) is 8.88. The first-order valence-electron chi connectivity index (χ1n) is 11.1. The van der Waals surface area contributed by atoms with Gasteiger partial charge in [-0.15, -0.1) is 11.3 Å². The molecule has 5 nitrogen and oxygen atoms in total. The van der Waals surface area contributed by atoms with Gasteiger partial charge in [0.15, 0.2) is 0 Å². The Bertz CT molecular complexity index is 1570. The number of hydrogen-bond acceptors (Lipinski definition) is 4. The predicted molar refractivity (Wildman–Crippen MR) is 140 cm³/mol. The van der Waals surface area contributed by atoms with Crippen LogP contribution in [0, 0.1) is 6.92 Å². The Labute approximate surface area is 206 Å². The molecule has 172 valence electrons. The third kappa shape index (κ3) is 3.87. The number of hydrogen-bond donors (Lipinski definition) is 1. The number of nitrogens with zero attached hydrogens (tertiary/aromatic N) is 3. The van der Waals surface area contributed by atoms with Crippen LogP contribution >= 0.6 is 22.9 Å². The topological polar surface area (TPSA) is 68.0 Å². The second-order valence-corrected chi connectivity index (χ2v) is 10.3. The van der Waals surface area contributed by atoms with Crippen LogP contribution in [0.5, 0.6) is 0 Å². The number of carbonyl (C=O) groups is 1. The van der Waals surface area contributed by atoms with Gasteiger partial charge < -0.3 is 9.67 Å². The minimum atomic E-state index is -0.857. The van der Waals surface area contributed by atoms with Gasteiger partial charge in [0.1, 0.15) is 10.8 Å². The van der Waals surface area contributed by atoms with Crippen molar-refractivity contribution in [1.82, 2.24) is 14.5 Å². The Kier molecular flexibility index (Phi) is 5.66. The molecule has 0 aliphatic rings. The molecule has 0 fully saturated rings. The van der Waals surface area contributed by atoms with Crippen LogP contribution in [0.2, 0.25) is 5.02 Å². The first-order valence-corrected chi connectivity index (χ1v) is 12.3. The molecule has 3 aromatic carbocycles. The molecule has 0 atom stereocenters. The Balaban J connectivity index is 1.72. The van der Waals surface area contributed by atoms with E-state index in [4.69, 9.17) is 21.6 Å². The van der Waals surface area contributed by atoms with Gasteiger partial charge in [0.25, 0.3) is 0 Å². The fourth-order valence-corrected chi connectivity index (χ4v) is 5.79. The van der Waals surface area contributed by atoms with Crippen LogP contribution in [0.1, 0.15) is 36.7 Å². The van der Waals surface area contributed by atoms with Crippen molar-refractivity contribution in [2.75, 3.05) is 0 Å². The van der Waals surface area contributed by atoms with Gasteiger partial charge >= 0.3 is 5.97 Å². The number of fused-ring (bicyclic) bond motifs is 2. The van der Waals surface area contributed by atoms with E-state index in [1.54, 1.807) is 11.3 Å². The SMILES string of the molecule is Cc1cc2nc(-c3ccc4c(c3)nc(C(C)C)n4C)sc2c(-c2ccc(Cl)cc2)c1CC(=O)O. The van der Waals surface area contributed by atoms with Gasteiger partial charge in [-0.25, -0.2) is 9.97 Å². The molecule has 5 rings (SSSR count). The lowest BCUT2D eigenvalue weighted by Gasteiger charge is -2.13. The van der Waals surface area contributed by atoms with E-state index in [2.05, 4.69) is 36.6 Å². The number of halogens is 1. The minimum Gasteiger partial charge on any atom is -0.481 e. The lowest BCUT2D eigenvalue weighted by Crippen LogP contribution is -2.04. The maximum Gasteiger partial charge on any atom is 0.307 e. The van der Waals surface area contributed by atoms with E-state index in [1.807, 2.05) is 44.3 Å². The van der Waals surface area contributed by atoms with E-state index < -0.39 is 5.97 Å². The van der Waals surface area contributed by atoms with Crippen molar-refractivity contribution in [3.63, 3.8) is 0 Å². The molecule has 0 aliphatic carbocycles. The summed E-state index contributed by atoms with van der Waals surface area (Å²) in [5, 5.41) is 11.1. The Morgan fingerprint density at radius 1 is 1.06 bits per heavy atom. The van der Waals surface area contributed by atoms with Crippen LogP contribution in [-0.4, -0.2) is 25.6 Å². The number of aliphatic carboxylic acids is 1. The lowest BCUT2D eigenvalue weighted by molar-refractivity contribution is -0.136. The summed E-state index contributed by atoms with van der Waals surface area (Å²) in [4.78, 5) is 21.5. The highest BCUT2D eigenvalue weighted by Crippen LogP contribution is 2.41. The molecule has 0 saturated heterocycles. The molecule has 0 bridgehead atoms. The normalized spacial score (nSPS) is 11.7. The highest BCUT2D eigenvalue weighted by molar-refractivity contribution is 7.22. The lowest BCUT2D eigenvalue weighted by atomic mass is 9.93. The zero-order valence-electron chi connectivity index (χ0n) is 19.4. The van der Waals surface area contributed by atoms with Crippen molar-refractivity contribution in [3.8, 4) is 21.7 Å². The Morgan fingerprint density at radius 3 is 2.44 bits per heavy atom. The fraction of sp³-hybridized carbons (Fsp3) is 0.222. The monoisotopic (exact) mass is 489 g/mol. The summed E-state index contributed by atoms with van der Waals surface area (Å²) in [6.07, 6.45) is -0.0508. The van der Waals surface area contributed by atoms with Gasteiger partial charge in [-0.2, -0.15) is 0 Å². The summed E-state index contributed by atoms with van der Waals surface area (Å²) in [7, 11) is 2.05. The van der Waals surface area contributed by atoms with Crippen molar-refractivity contribution < 1.29 is 9.90 Å². The Morgan fingerprint density at radius 2 is 1.76 bits per heavy atom. The van der Waals surface area contributed by atoms with E-state index in [9.17, 15) is 9.90 Å². The van der Waals surface area contributed by atoms with E-state index >= 15 is 0 Å². The maximum atomic E-state index is 11.7. The number of imidazole rings is 1. The number of rotatable bonds is 5. The van der Waals surface area contributed by atoms with Gasteiger partial charge in [0.2, 0.25) is 0 Å². The molecule has 2 aromatic heterocycles. The van der Waals surface area contributed by atoms with Crippen molar-refractivity contribution >= 4 is 50.2 Å². The standard InChI is InChI=1S/C27H24ClN3O2S/c1-14(2)26-29-20-12-17(7-10-22(20)31(26)4)27-30-21-11-15(3)19(13-23(32)33)24(25(21)34-27)16-5-8-18(28)9-6-16/h5-12,14H,13H2,1-4H3,(H,32,33). The van der Waals surface area contributed by atoms with Crippen LogP contribution in [0.15, 0.2) is 48.5 Å². The summed E-state index contributed by atoms with van der Waals surface area (Å²) in [5.74, 6) is 0.528. The van der Waals surface area contributed by atoms with Gasteiger partial charge in [-0.05, 0) is 60.0 Å². The van der Waals surface area contributed by atoms with Crippen molar-refractivity contribution in [1.29, 1.82) is 0 Å². The zero-order valence-corrected chi connectivity index (χ0v) is 21.0. The average Bonchev–Trinajstić information content (AvgIpc) is 3.35. The highest BCUT2D eigenvalue weighted by Gasteiger charge is 2.20. The summed E-state index contributed by atoms with van der Waals surface area (Å²) >= 11 is 7.71. The first kappa shape index (κ1) is 22.6. The number of carboxylic acid groups (broad SMARTS) is 1. The van der Waals surface area contributed by atoms with Crippen LogP contribution < -0.4 is 0 Å². The van der Waals surface area contributed by atoms with E-state index in [0.29, 0.717) is 10.9 Å². The molecule has 0 aliphatic heterocycles. The van der Waals surface area contributed by atoms with Crippen molar-refractivity contribution in [2.45, 2.75) is 33.1 Å². The highest BCUT2D eigenvalue weighted by atomic mass is 35.5. The number of benzene rings is 3. The van der Waals surface area contributed by atoms with Crippen LogP contribution in [0.4, 0.5) is 0 Å². The van der Waals surface area contributed by atoms with Crippen molar-refractivity contribution in [2.24, 2.45) is 7.05 Å². The molecular weight excluding hydrogens is 466 g/mol. The smallest absolute Gasteiger partial charge is 0.307 e. The summed E-state index contributed by atoms with van der Waals surface area (Å²) < 4.78 is 3.12. The van der Waals surface area contributed by atoms with Gasteiger partial charge in [-0.1, -0.05) is 37.6 Å². The number of carboxylic acids is 1. The molecule has 1 N–H and O–H groups in total. The number of aryl methyl sites for hydroxylation is 2. The van der Waals surface area contributed by atoms with E-state index in [0.717, 1.165) is 59.9 Å². The third-order valence-electron chi connectivity index (χ3n) is 6.15. The van der Waals surface area contributed by atoms with Crippen molar-refractivity contribution in [3.05, 3.63) is 70.5 Å². The fourth-order valence-electron chi connectivity index (χ4n) is 4.53. The first-order chi connectivity index (χ1) is 16.2. The molecule has 34 heavy (non-hydrogen) atoms. The average molecular weight is 490 g/mol. The molecule has 0 amide bonds. The van der Waals surface area contributed by atoms with Gasteiger partial charge in [-0.3, -0.25) is 4.79 Å². The molecule has 0 spiro atoms. The second kappa shape index (κ2) is 8.53. The van der Waals surface area contributed by atoms with Gasteiger partial charge in [0.05, 0.1) is 27.7 Å². The number of thiazole rings is 1. The largest absolute Gasteiger partial charge is 0.481 e. The van der Waals surface area contributed by atoms with E-state index in [1.165, 1.54) is 0 Å². The third-order valence-corrected chi connectivity index (χ3v) is 7.54. The molecule has 5 aromatic rings. The maximum absolute atomic E-state index is 11.7. The van der Waals surface area contributed by atoms with Gasteiger partial charge in [0, 0.05) is 29.1 Å². The quantitative estimate of drug-likeness (QED) is 0.283. The number of aromatic nitrogens is 3. The molecular formula is C27H24ClN3O2S.